The molecule has 0 amide bonds. The SMILES string of the molecule is CC(C)C(=O)c1cccc(NCc2ccccc2)c1CN(C)S(=O)(=O)C(C)C. The second kappa shape index (κ2) is 9.34. The molecule has 152 valence electrons. The summed E-state index contributed by atoms with van der Waals surface area (Å²) in [4.78, 5) is 12.8. The third kappa shape index (κ3) is 5.20. The van der Waals surface area contributed by atoms with E-state index in [-0.39, 0.29) is 18.2 Å². The highest BCUT2D eigenvalue weighted by atomic mass is 32.2. The van der Waals surface area contributed by atoms with Crippen molar-refractivity contribution in [1.29, 1.82) is 0 Å². The maximum Gasteiger partial charge on any atom is 0.216 e. The summed E-state index contributed by atoms with van der Waals surface area (Å²) >= 11 is 0. The Kier molecular flexibility index (Phi) is 7.38. The van der Waals surface area contributed by atoms with Crippen LogP contribution in [0, 0.1) is 5.92 Å². The highest BCUT2D eigenvalue weighted by Crippen LogP contribution is 2.26. The van der Waals surface area contributed by atoms with Gasteiger partial charge in [0, 0.05) is 42.9 Å². The lowest BCUT2D eigenvalue weighted by molar-refractivity contribution is 0.0938. The number of rotatable bonds is 9. The van der Waals surface area contributed by atoms with Crippen LogP contribution in [0.15, 0.2) is 48.5 Å². The zero-order valence-electron chi connectivity index (χ0n) is 17.3. The van der Waals surface area contributed by atoms with E-state index >= 15 is 0 Å². The molecule has 0 saturated heterocycles. The maximum atomic E-state index is 12.8. The Bertz CT molecular complexity index is 907. The number of nitrogens with one attached hydrogen (secondary N) is 1. The normalized spacial score (nSPS) is 12.0. The molecule has 0 radical (unpaired) electrons. The van der Waals surface area contributed by atoms with E-state index in [1.807, 2.05) is 56.3 Å². The van der Waals surface area contributed by atoms with Gasteiger partial charge in [-0.15, -0.1) is 0 Å². The highest BCUT2D eigenvalue weighted by Gasteiger charge is 2.26. The van der Waals surface area contributed by atoms with Gasteiger partial charge in [0.1, 0.15) is 0 Å². The summed E-state index contributed by atoms with van der Waals surface area (Å²) in [7, 11) is -1.86. The number of carbonyl (C=O) groups excluding carboxylic acids is 1. The van der Waals surface area contributed by atoms with Crippen molar-refractivity contribution in [3.63, 3.8) is 0 Å². The first-order valence-electron chi connectivity index (χ1n) is 9.53. The average Bonchev–Trinajstić information content (AvgIpc) is 2.66. The fraction of sp³-hybridized carbons (Fsp3) is 0.409. The van der Waals surface area contributed by atoms with E-state index < -0.39 is 15.3 Å². The molecular formula is C22H30N2O3S. The number of benzene rings is 2. The molecule has 0 unspecified atom stereocenters. The Balaban J connectivity index is 2.41. The third-order valence-electron chi connectivity index (χ3n) is 4.70. The molecule has 6 heteroatoms. The van der Waals surface area contributed by atoms with Crippen molar-refractivity contribution in [2.24, 2.45) is 5.92 Å². The standard InChI is InChI=1S/C22H30N2O3S/c1-16(2)22(25)19-12-9-13-21(23-14-18-10-7-6-8-11-18)20(19)15-24(5)28(26,27)17(3)4/h6-13,16-17,23H,14-15H2,1-5H3. The number of hydrogen-bond donors (Lipinski definition) is 1. The van der Waals surface area contributed by atoms with Crippen LogP contribution in [0.25, 0.3) is 0 Å². The molecule has 0 aromatic heterocycles. The van der Waals surface area contributed by atoms with E-state index in [2.05, 4.69) is 5.32 Å². The van der Waals surface area contributed by atoms with Gasteiger partial charge in [0.15, 0.2) is 5.78 Å². The summed E-state index contributed by atoms with van der Waals surface area (Å²) < 4.78 is 26.5. The predicted molar refractivity (Wildman–Crippen MR) is 115 cm³/mol. The molecule has 0 heterocycles. The summed E-state index contributed by atoms with van der Waals surface area (Å²) in [5.74, 6) is -0.163. The van der Waals surface area contributed by atoms with E-state index in [0.29, 0.717) is 17.7 Å². The summed E-state index contributed by atoms with van der Waals surface area (Å²) in [6.07, 6.45) is 0. The topological polar surface area (TPSA) is 66.5 Å². The number of nitrogens with zero attached hydrogens (tertiary/aromatic N) is 1. The summed E-state index contributed by atoms with van der Waals surface area (Å²) in [5.41, 5.74) is 3.17. The van der Waals surface area contributed by atoms with E-state index in [9.17, 15) is 13.2 Å². The molecule has 0 spiro atoms. The van der Waals surface area contributed by atoms with Crippen molar-refractivity contribution in [3.05, 3.63) is 65.2 Å². The zero-order valence-corrected chi connectivity index (χ0v) is 18.1. The minimum Gasteiger partial charge on any atom is -0.381 e. The van der Waals surface area contributed by atoms with Gasteiger partial charge in [-0.05, 0) is 25.5 Å². The summed E-state index contributed by atoms with van der Waals surface area (Å²) in [5, 5.41) is 2.85. The van der Waals surface area contributed by atoms with Crippen LogP contribution in [-0.4, -0.2) is 30.8 Å². The molecule has 0 aliphatic carbocycles. The molecule has 0 aliphatic heterocycles. The first kappa shape index (κ1) is 22.1. The van der Waals surface area contributed by atoms with Crippen LogP contribution in [0.3, 0.4) is 0 Å². The van der Waals surface area contributed by atoms with Crippen molar-refractivity contribution < 1.29 is 13.2 Å². The van der Waals surface area contributed by atoms with Gasteiger partial charge in [0.2, 0.25) is 10.0 Å². The van der Waals surface area contributed by atoms with Crippen LogP contribution in [0.4, 0.5) is 5.69 Å². The van der Waals surface area contributed by atoms with Crippen molar-refractivity contribution in [3.8, 4) is 0 Å². The van der Waals surface area contributed by atoms with E-state index in [4.69, 9.17) is 0 Å². The molecule has 0 saturated carbocycles. The predicted octanol–water partition coefficient (Wildman–Crippen LogP) is 4.31. The maximum absolute atomic E-state index is 12.8. The average molecular weight is 403 g/mol. The lowest BCUT2D eigenvalue weighted by atomic mass is 9.95. The van der Waals surface area contributed by atoms with Crippen LogP contribution in [0.5, 0.6) is 0 Å². The van der Waals surface area contributed by atoms with Crippen molar-refractivity contribution in [2.75, 3.05) is 12.4 Å². The molecule has 2 aromatic carbocycles. The summed E-state index contributed by atoms with van der Waals surface area (Å²) in [6.45, 7) is 7.76. The molecule has 5 nitrogen and oxygen atoms in total. The van der Waals surface area contributed by atoms with Gasteiger partial charge in [-0.2, -0.15) is 0 Å². The van der Waals surface area contributed by atoms with E-state index in [1.165, 1.54) is 4.31 Å². The third-order valence-corrected chi connectivity index (χ3v) is 6.89. The number of anilines is 1. The van der Waals surface area contributed by atoms with Gasteiger partial charge in [-0.3, -0.25) is 4.79 Å². The van der Waals surface area contributed by atoms with Crippen LogP contribution in [-0.2, 0) is 23.1 Å². The van der Waals surface area contributed by atoms with Gasteiger partial charge >= 0.3 is 0 Å². The Morgan fingerprint density at radius 2 is 1.64 bits per heavy atom. The monoisotopic (exact) mass is 402 g/mol. The van der Waals surface area contributed by atoms with E-state index in [1.54, 1.807) is 27.0 Å². The first-order valence-corrected chi connectivity index (χ1v) is 11.0. The van der Waals surface area contributed by atoms with Gasteiger partial charge < -0.3 is 5.32 Å². The Labute approximate surface area is 168 Å². The highest BCUT2D eigenvalue weighted by molar-refractivity contribution is 7.89. The molecule has 0 fully saturated rings. The molecule has 2 rings (SSSR count). The Morgan fingerprint density at radius 1 is 1.00 bits per heavy atom. The van der Waals surface area contributed by atoms with Crippen LogP contribution in [0.2, 0.25) is 0 Å². The Hall–Kier alpha value is -2.18. The number of carbonyl (C=O) groups is 1. The van der Waals surface area contributed by atoms with Crippen molar-refractivity contribution >= 4 is 21.5 Å². The molecule has 0 atom stereocenters. The summed E-state index contributed by atoms with van der Waals surface area (Å²) in [6, 6.07) is 15.5. The van der Waals surface area contributed by atoms with Gasteiger partial charge in [0.25, 0.3) is 0 Å². The second-order valence-electron chi connectivity index (χ2n) is 7.54. The molecule has 0 aliphatic rings. The fourth-order valence-electron chi connectivity index (χ4n) is 2.93. The molecule has 28 heavy (non-hydrogen) atoms. The molecule has 0 bridgehead atoms. The fourth-order valence-corrected chi connectivity index (χ4v) is 3.96. The number of Topliss-reactive ketones (excluding diaryl/α,β-unsaturated/α-hetero) is 1. The van der Waals surface area contributed by atoms with Crippen LogP contribution < -0.4 is 5.32 Å². The second-order valence-corrected chi connectivity index (χ2v) is 10.1. The molecular weight excluding hydrogens is 372 g/mol. The zero-order chi connectivity index (χ0) is 20.9. The number of sulfonamides is 1. The smallest absolute Gasteiger partial charge is 0.216 e. The number of hydrogen-bond acceptors (Lipinski definition) is 4. The number of ketones is 1. The van der Waals surface area contributed by atoms with E-state index in [0.717, 1.165) is 11.3 Å². The quantitative estimate of drug-likeness (QED) is 0.635. The largest absolute Gasteiger partial charge is 0.381 e. The van der Waals surface area contributed by atoms with Crippen LogP contribution >= 0.6 is 0 Å². The Morgan fingerprint density at radius 3 is 2.21 bits per heavy atom. The van der Waals surface area contributed by atoms with Crippen molar-refractivity contribution in [1.82, 2.24) is 4.31 Å². The lowest BCUT2D eigenvalue weighted by Crippen LogP contribution is -2.33. The minimum atomic E-state index is -3.43. The first-order chi connectivity index (χ1) is 13.1. The van der Waals surface area contributed by atoms with Gasteiger partial charge in [-0.1, -0.05) is 56.3 Å². The molecule has 1 N–H and O–H groups in total. The van der Waals surface area contributed by atoms with Crippen LogP contribution in [0.1, 0.15) is 49.2 Å². The molecule has 2 aromatic rings. The van der Waals surface area contributed by atoms with Gasteiger partial charge in [0.05, 0.1) is 5.25 Å². The van der Waals surface area contributed by atoms with Gasteiger partial charge in [-0.25, -0.2) is 12.7 Å². The lowest BCUT2D eigenvalue weighted by Gasteiger charge is -2.23. The van der Waals surface area contributed by atoms with Crippen molar-refractivity contribution in [2.45, 2.75) is 46.0 Å². The minimum absolute atomic E-state index is 0.00806.